The maximum absolute atomic E-state index is 11.9. The molecule has 1 aromatic carbocycles. The molecule has 0 aromatic heterocycles. The van der Waals surface area contributed by atoms with Gasteiger partial charge < -0.3 is 10.6 Å². The van der Waals surface area contributed by atoms with Gasteiger partial charge in [0, 0.05) is 11.7 Å². The highest BCUT2D eigenvalue weighted by atomic mass is 16.2. The van der Waals surface area contributed by atoms with Crippen molar-refractivity contribution in [1.82, 2.24) is 5.32 Å². The van der Waals surface area contributed by atoms with Crippen LogP contribution in [0.1, 0.15) is 38.2 Å². The van der Waals surface area contributed by atoms with Crippen LogP contribution in [0.3, 0.4) is 0 Å². The molecule has 2 N–H and O–H groups in total. The average Bonchev–Trinajstić information content (AvgIpc) is 2.41. The van der Waals surface area contributed by atoms with Crippen LogP contribution in [-0.2, 0) is 9.59 Å². The molecule has 0 heterocycles. The van der Waals surface area contributed by atoms with E-state index in [1.54, 1.807) is 6.07 Å². The van der Waals surface area contributed by atoms with E-state index < -0.39 is 11.8 Å². The number of amides is 2. The second-order valence-corrected chi connectivity index (χ2v) is 5.75. The molecule has 4 nitrogen and oxygen atoms in total. The van der Waals surface area contributed by atoms with E-state index in [0.717, 1.165) is 37.2 Å². The molecule has 1 aliphatic rings. The molecule has 0 unspecified atom stereocenters. The largest absolute Gasteiger partial charge is 0.345 e. The molecule has 1 fully saturated rings. The lowest BCUT2D eigenvalue weighted by molar-refractivity contribution is -0.136. The lowest BCUT2D eigenvalue weighted by Crippen LogP contribution is -2.43. The fourth-order valence-corrected chi connectivity index (χ4v) is 2.57. The van der Waals surface area contributed by atoms with Gasteiger partial charge >= 0.3 is 11.8 Å². The van der Waals surface area contributed by atoms with E-state index in [4.69, 9.17) is 0 Å². The maximum atomic E-state index is 11.9. The van der Waals surface area contributed by atoms with Crippen molar-refractivity contribution in [3.8, 4) is 0 Å². The lowest BCUT2D eigenvalue weighted by atomic mass is 9.87. The van der Waals surface area contributed by atoms with Crippen molar-refractivity contribution in [2.75, 3.05) is 5.32 Å². The Hall–Kier alpha value is -1.84. The van der Waals surface area contributed by atoms with Gasteiger partial charge in [0.1, 0.15) is 0 Å². The highest BCUT2D eigenvalue weighted by Crippen LogP contribution is 2.23. The normalized spacial score (nSPS) is 22.1. The van der Waals surface area contributed by atoms with E-state index >= 15 is 0 Å². The average molecular weight is 274 g/mol. The van der Waals surface area contributed by atoms with E-state index in [0.29, 0.717) is 5.69 Å². The Kier molecular flexibility index (Phi) is 4.77. The van der Waals surface area contributed by atoms with Gasteiger partial charge in [-0.15, -0.1) is 0 Å². The fraction of sp³-hybridized carbons (Fsp3) is 0.500. The molecule has 0 radical (unpaired) electrons. The second-order valence-electron chi connectivity index (χ2n) is 5.75. The standard InChI is InChI=1S/C16H22N2O2/c1-11-6-8-13(9-7-11)17-15(19)16(20)18-14-5-3-4-12(2)10-14/h3-5,10-11,13H,6-9H2,1-2H3,(H,17,19)(H,18,20). The van der Waals surface area contributed by atoms with Crippen molar-refractivity contribution in [2.45, 2.75) is 45.6 Å². The Labute approximate surface area is 119 Å². The maximum Gasteiger partial charge on any atom is 0.313 e. The number of carbonyl (C=O) groups is 2. The van der Waals surface area contributed by atoms with Gasteiger partial charge in [-0.3, -0.25) is 9.59 Å². The van der Waals surface area contributed by atoms with Gasteiger partial charge in [0.15, 0.2) is 0 Å². The Bertz CT molecular complexity index is 491. The summed E-state index contributed by atoms with van der Waals surface area (Å²) in [5, 5.41) is 5.45. The first-order chi connectivity index (χ1) is 9.54. The van der Waals surface area contributed by atoms with E-state index in [2.05, 4.69) is 17.6 Å². The summed E-state index contributed by atoms with van der Waals surface area (Å²) in [6, 6.07) is 7.56. The molecule has 2 rings (SSSR count). The summed E-state index contributed by atoms with van der Waals surface area (Å²) in [5.41, 5.74) is 1.70. The molecular formula is C16H22N2O2. The molecule has 1 aromatic rings. The van der Waals surface area contributed by atoms with Crippen LogP contribution in [-0.4, -0.2) is 17.9 Å². The third-order valence-corrected chi connectivity index (χ3v) is 3.83. The van der Waals surface area contributed by atoms with Crippen LogP contribution < -0.4 is 10.6 Å². The van der Waals surface area contributed by atoms with Gasteiger partial charge in [0.25, 0.3) is 0 Å². The predicted molar refractivity (Wildman–Crippen MR) is 79.4 cm³/mol. The van der Waals surface area contributed by atoms with Crippen LogP contribution in [0, 0.1) is 12.8 Å². The summed E-state index contributed by atoms with van der Waals surface area (Å²) in [5.74, 6) is -0.399. The van der Waals surface area contributed by atoms with Gasteiger partial charge in [0.2, 0.25) is 0 Å². The van der Waals surface area contributed by atoms with Gasteiger partial charge in [-0.05, 0) is 56.2 Å². The number of rotatable bonds is 2. The second kappa shape index (κ2) is 6.55. The molecule has 0 aliphatic heterocycles. The Morgan fingerprint density at radius 1 is 1.10 bits per heavy atom. The fourth-order valence-electron chi connectivity index (χ4n) is 2.57. The summed E-state index contributed by atoms with van der Waals surface area (Å²) in [6.45, 7) is 4.17. The summed E-state index contributed by atoms with van der Waals surface area (Å²) < 4.78 is 0. The van der Waals surface area contributed by atoms with Gasteiger partial charge in [0.05, 0.1) is 0 Å². The monoisotopic (exact) mass is 274 g/mol. The highest BCUT2D eigenvalue weighted by Gasteiger charge is 2.22. The minimum Gasteiger partial charge on any atom is -0.345 e. The molecular weight excluding hydrogens is 252 g/mol. The summed E-state index contributed by atoms with van der Waals surface area (Å²) in [6.07, 6.45) is 4.16. The molecule has 20 heavy (non-hydrogen) atoms. The highest BCUT2D eigenvalue weighted by molar-refractivity contribution is 6.39. The molecule has 0 saturated heterocycles. The van der Waals surface area contributed by atoms with Crippen LogP contribution in [0.5, 0.6) is 0 Å². The van der Waals surface area contributed by atoms with Crippen molar-refractivity contribution in [3.05, 3.63) is 29.8 Å². The van der Waals surface area contributed by atoms with Crippen LogP contribution in [0.4, 0.5) is 5.69 Å². The first-order valence-electron chi connectivity index (χ1n) is 7.23. The van der Waals surface area contributed by atoms with Crippen molar-refractivity contribution in [2.24, 2.45) is 5.92 Å². The summed E-state index contributed by atoms with van der Waals surface area (Å²) >= 11 is 0. The van der Waals surface area contributed by atoms with E-state index in [-0.39, 0.29) is 6.04 Å². The molecule has 2 amide bonds. The Balaban J connectivity index is 1.84. The van der Waals surface area contributed by atoms with Gasteiger partial charge in [-0.2, -0.15) is 0 Å². The third-order valence-electron chi connectivity index (χ3n) is 3.83. The lowest BCUT2D eigenvalue weighted by Gasteiger charge is -2.26. The van der Waals surface area contributed by atoms with Crippen molar-refractivity contribution in [3.63, 3.8) is 0 Å². The number of hydrogen-bond acceptors (Lipinski definition) is 2. The van der Waals surface area contributed by atoms with E-state index in [1.807, 2.05) is 25.1 Å². The topological polar surface area (TPSA) is 58.2 Å². The van der Waals surface area contributed by atoms with E-state index in [9.17, 15) is 9.59 Å². The van der Waals surface area contributed by atoms with Crippen LogP contribution in [0.2, 0.25) is 0 Å². The molecule has 108 valence electrons. The smallest absolute Gasteiger partial charge is 0.313 e. The number of hydrogen-bond donors (Lipinski definition) is 2. The molecule has 1 aliphatic carbocycles. The zero-order valence-corrected chi connectivity index (χ0v) is 12.1. The SMILES string of the molecule is Cc1cccc(NC(=O)C(=O)NC2CCC(C)CC2)c1. The summed E-state index contributed by atoms with van der Waals surface area (Å²) in [4.78, 5) is 23.7. The third kappa shape index (κ3) is 4.08. The number of benzene rings is 1. The number of nitrogens with one attached hydrogen (secondary N) is 2. The summed E-state index contributed by atoms with van der Waals surface area (Å²) in [7, 11) is 0. The first kappa shape index (κ1) is 14.6. The zero-order chi connectivity index (χ0) is 14.5. The first-order valence-corrected chi connectivity index (χ1v) is 7.23. The van der Waals surface area contributed by atoms with Gasteiger partial charge in [-0.1, -0.05) is 19.1 Å². The quantitative estimate of drug-likeness (QED) is 0.814. The minimum absolute atomic E-state index is 0.141. The van der Waals surface area contributed by atoms with E-state index in [1.165, 1.54) is 0 Å². The Morgan fingerprint density at radius 2 is 1.80 bits per heavy atom. The number of anilines is 1. The molecule has 0 spiro atoms. The molecule has 4 heteroatoms. The minimum atomic E-state index is -0.589. The van der Waals surface area contributed by atoms with Gasteiger partial charge in [-0.25, -0.2) is 0 Å². The van der Waals surface area contributed by atoms with Crippen molar-refractivity contribution >= 4 is 17.5 Å². The molecule has 0 atom stereocenters. The van der Waals surface area contributed by atoms with Crippen molar-refractivity contribution < 1.29 is 9.59 Å². The zero-order valence-electron chi connectivity index (χ0n) is 12.1. The van der Waals surface area contributed by atoms with Crippen LogP contribution in [0.25, 0.3) is 0 Å². The predicted octanol–water partition coefficient (Wildman–Crippen LogP) is 2.63. The molecule has 0 bridgehead atoms. The number of carbonyl (C=O) groups excluding carboxylic acids is 2. The van der Waals surface area contributed by atoms with Crippen molar-refractivity contribution in [1.29, 1.82) is 0 Å². The molecule has 1 saturated carbocycles. The van der Waals surface area contributed by atoms with Crippen LogP contribution >= 0.6 is 0 Å². The van der Waals surface area contributed by atoms with Crippen LogP contribution in [0.15, 0.2) is 24.3 Å². The Morgan fingerprint density at radius 3 is 2.45 bits per heavy atom. The number of aryl methyl sites for hydroxylation is 1.